The summed E-state index contributed by atoms with van der Waals surface area (Å²) in [7, 11) is 0. The van der Waals surface area contributed by atoms with Crippen LogP contribution in [0.1, 0.15) is 68.1 Å². The molecular formula is C35H33FN4O4. The molecule has 0 radical (unpaired) electrons. The molecule has 2 aliphatic heterocycles. The lowest BCUT2D eigenvalue weighted by Crippen LogP contribution is -2.44. The lowest BCUT2D eigenvalue weighted by Gasteiger charge is -2.32. The number of carbonyl (C=O) groups excluding carboxylic acids is 3. The van der Waals surface area contributed by atoms with Crippen molar-refractivity contribution in [1.82, 2.24) is 15.1 Å². The van der Waals surface area contributed by atoms with Gasteiger partial charge in [0.2, 0.25) is 0 Å². The molecule has 224 valence electrons. The molecule has 8 nitrogen and oxygen atoms in total. The number of furan rings is 1. The number of benzene rings is 3. The molecule has 6 rings (SSSR count). The Morgan fingerprint density at radius 3 is 2.23 bits per heavy atom. The second kappa shape index (κ2) is 12.8. The number of amides is 2. The van der Waals surface area contributed by atoms with Gasteiger partial charge < -0.3 is 14.6 Å². The molecule has 1 N–H and O–H groups in total. The first-order valence-electron chi connectivity index (χ1n) is 15.0. The third kappa shape index (κ3) is 6.56. The minimum Gasteiger partial charge on any atom is -0.451 e. The summed E-state index contributed by atoms with van der Waals surface area (Å²) in [5.41, 5.74) is 3.34. The van der Waals surface area contributed by atoms with Crippen LogP contribution < -0.4 is 5.32 Å². The molecule has 0 spiro atoms. The monoisotopic (exact) mass is 592 g/mol. The second-order valence-electron chi connectivity index (χ2n) is 11.6. The van der Waals surface area contributed by atoms with Crippen molar-refractivity contribution in [2.24, 2.45) is 5.92 Å². The zero-order valence-electron chi connectivity index (χ0n) is 24.3. The molecule has 2 fully saturated rings. The van der Waals surface area contributed by atoms with Gasteiger partial charge in [-0.05, 0) is 91.9 Å². The van der Waals surface area contributed by atoms with Crippen molar-refractivity contribution in [2.75, 3.05) is 26.2 Å². The van der Waals surface area contributed by atoms with Crippen LogP contribution in [-0.4, -0.2) is 59.6 Å². The SMILES string of the molecule is N#Cc1ccc(CN2CCC(NC(=O)c3cc4cc(C(=O)N5CCC(C(=O)c6ccc(F)cc6)CC5)ccc4o3)CC2)cc1. The van der Waals surface area contributed by atoms with Crippen molar-refractivity contribution >= 4 is 28.6 Å². The fourth-order valence-electron chi connectivity index (χ4n) is 6.10. The van der Waals surface area contributed by atoms with Crippen LogP contribution in [-0.2, 0) is 6.54 Å². The number of nitrogens with zero attached hydrogens (tertiary/aromatic N) is 3. The molecule has 0 bridgehead atoms. The van der Waals surface area contributed by atoms with Crippen LogP contribution in [0.25, 0.3) is 11.0 Å². The Hall–Kier alpha value is -4.81. The summed E-state index contributed by atoms with van der Waals surface area (Å²) in [6.45, 7) is 3.44. The lowest BCUT2D eigenvalue weighted by molar-refractivity contribution is 0.0650. The number of carbonyl (C=O) groups is 3. The van der Waals surface area contributed by atoms with Crippen LogP contribution in [0.3, 0.4) is 0 Å². The van der Waals surface area contributed by atoms with Crippen LogP contribution in [0.15, 0.2) is 77.2 Å². The number of halogens is 1. The first-order valence-corrected chi connectivity index (χ1v) is 15.0. The first-order chi connectivity index (χ1) is 21.4. The minimum atomic E-state index is -0.377. The number of hydrogen-bond acceptors (Lipinski definition) is 6. The van der Waals surface area contributed by atoms with E-state index >= 15 is 0 Å². The fraction of sp³-hybridized carbons (Fsp3) is 0.314. The summed E-state index contributed by atoms with van der Waals surface area (Å²) in [6.07, 6.45) is 2.75. The lowest BCUT2D eigenvalue weighted by atomic mass is 9.88. The van der Waals surface area contributed by atoms with Crippen LogP contribution in [0.5, 0.6) is 0 Å². The van der Waals surface area contributed by atoms with Crippen molar-refractivity contribution in [3.05, 3.63) is 107 Å². The van der Waals surface area contributed by atoms with Gasteiger partial charge in [0.05, 0.1) is 11.6 Å². The Balaban J connectivity index is 1.01. The van der Waals surface area contributed by atoms with Crippen molar-refractivity contribution in [3.63, 3.8) is 0 Å². The van der Waals surface area contributed by atoms with Gasteiger partial charge in [0.15, 0.2) is 11.5 Å². The largest absolute Gasteiger partial charge is 0.451 e. The van der Waals surface area contributed by atoms with E-state index < -0.39 is 0 Å². The first kappa shape index (κ1) is 29.3. The smallest absolute Gasteiger partial charge is 0.287 e. The van der Waals surface area contributed by atoms with Gasteiger partial charge in [-0.2, -0.15) is 5.26 Å². The molecule has 9 heteroatoms. The van der Waals surface area contributed by atoms with Gasteiger partial charge >= 0.3 is 0 Å². The Morgan fingerprint density at radius 2 is 1.55 bits per heavy atom. The maximum Gasteiger partial charge on any atom is 0.287 e. The van der Waals surface area contributed by atoms with Gasteiger partial charge in [-0.25, -0.2) is 4.39 Å². The minimum absolute atomic E-state index is 0.0172. The molecule has 3 heterocycles. The van der Waals surface area contributed by atoms with Crippen LogP contribution in [0.4, 0.5) is 4.39 Å². The summed E-state index contributed by atoms with van der Waals surface area (Å²) in [4.78, 5) is 43.2. The van der Waals surface area contributed by atoms with Crippen LogP contribution >= 0.6 is 0 Å². The number of hydrogen-bond donors (Lipinski definition) is 1. The van der Waals surface area contributed by atoms with E-state index in [1.807, 2.05) is 24.3 Å². The van der Waals surface area contributed by atoms with Gasteiger partial charge in [-0.1, -0.05) is 12.1 Å². The molecule has 2 amide bonds. The Morgan fingerprint density at radius 1 is 0.864 bits per heavy atom. The van der Waals surface area contributed by atoms with E-state index in [0.717, 1.165) is 38.0 Å². The van der Waals surface area contributed by atoms with E-state index in [0.29, 0.717) is 53.6 Å². The normalized spacial score (nSPS) is 16.5. The second-order valence-corrected chi connectivity index (χ2v) is 11.6. The van der Waals surface area contributed by atoms with Gasteiger partial charge in [-0.15, -0.1) is 0 Å². The highest BCUT2D eigenvalue weighted by Gasteiger charge is 2.29. The number of nitrogens with one attached hydrogen (secondary N) is 1. The number of fused-ring (bicyclic) bond motifs is 1. The fourth-order valence-corrected chi connectivity index (χ4v) is 6.10. The molecule has 0 aliphatic carbocycles. The average molecular weight is 593 g/mol. The van der Waals surface area contributed by atoms with E-state index in [1.54, 1.807) is 29.2 Å². The van der Waals surface area contributed by atoms with Crippen LogP contribution in [0, 0.1) is 23.1 Å². The topological polar surface area (TPSA) is 107 Å². The highest BCUT2D eigenvalue weighted by molar-refractivity contribution is 6.01. The predicted octanol–water partition coefficient (Wildman–Crippen LogP) is 5.57. The zero-order valence-corrected chi connectivity index (χ0v) is 24.3. The highest BCUT2D eigenvalue weighted by atomic mass is 19.1. The highest BCUT2D eigenvalue weighted by Crippen LogP contribution is 2.26. The Bertz CT molecular complexity index is 1710. The number of nitriles is 1. The van der Waals surface area contributed by atoms with Crippen LogP contribution in [0.2, 0.25) is 0 Å². The number of Topliss-reactive ketones (excluding diaryl/α,β-unsaturated/α-hetero) is 1. The third-order valence-electron chi connectivity index (χ3n) is 8.68. The number of ketones is 1. The molecule has 0 atom stereocenters. The summed E-state index contributed by atoms with van der Waals surface area (Å²) < 4.78 is 19.1. The van der Waals surface area contributed by atoms with Crippen molar-refractivity contribution in [3.8, 4) is 6.07 Å². The van der Waals surface area contributed by atoms with Gasteiger partial charge in [-0.3, -0.25) is 19.3 Å². The third-order valence-corrected chi connectivity index (χ3v) is 8.68. The molecule has 0 unspecified atom stereocenters. The zero-order chi connectivity index (χ0) is 30.6. The van der Waals surface area contributed by atoms with Gasteiger partial charge in [0.1, 0.15) is 11.4 Å². The molecule has 2 aliphatic rings. The molecule has 1 aromatic heterocycles. The van der Waals surface area contributed by atoms with Crippen molar-refractivity contribution in [1.29, 1.82) is 5.26 Å². The van der Waals surface area contributed by atoms with E-state index in [4.69, 9.17) is 9.68 Å². The van der Waals surface area contributed by atoms with E-state index in [1.165, 1.54) is 24.3 Å². The van der Waals surface area contributed by atoms with Crippen molar-refractivity contribution in [2.45, 2.75) is 38.3 Å². The number of likely N-dealkylation sites (tertiary alicyclic amines) is 2. The maximum absolute atomic E-state index is 13.3. The molecular weight excluding hydrogens is 559 g/mol. The van der Waals surface area contributed by atoms with Crippen molar-refractivity contribution < 1.29 is 23.2 Å². The molecule has 0 saturated carbocycles. The summed E-state index contributed by atoms with van der Waals surface area (Å²) >= 11 is 0. The summed E-state index contributed by atoms with van der Waals surface area (Å²) in [5, 5.41) is 12.8. The Labute approximate surface area is 255 Å². The summed E-state index contributed by atoms with van der Waals surface area (Å²) in [5.74, 6) is -0.775. The van der Waals surface area contributed by atoms with Gasteiger partial charge in [0.25, 0.3) is 11.8 Å². The standard InChI is InChI=1S/C35H33FN4O4/c36-29-8-5-25(6-9-29)33(41)26-11-17-40(18-12-26)35(43)27-7-10-31-28(19-27)20-32(44-31)34(42)38-30-13-15-39(16-14-30)22-24-3-1-23(21-37)2-4-24/h1-10,19-20,26,30H,11-18,22H2,(H,38,42). The maximum atomic E-state index is 13.3. The summed E-state index contributed by atoms with van der Waals surface area (Å²) in [6, 6.07) is 22.2. The van der Waals surface area contributed by atoms with E-state index in [2.05, 4.69) is 16.3 Å². The number of rotatable bonds is 7. The van der Waals surface area contributed by atoms with Gasteiger partial charge in [0, 0.05) is 61.2 Å². The molecule has 3 aromatic carbocycles. The number of piperidine rings is 2. The molecule has 44 heavy (non-hydrogen) atoms. The van der Waals surface area contributed by atoms with E-state index in [-0.39, 0.29) is 41.1 Å². The Kier molecular flexibility index (Phi) is 8.53. The average Bonchev–Trinajstić information content (AvgIpc) is 3.50. The van der Waals surface area contributed by atoms with E-state index in [9.17, 15) is 18.8 Å². The molecule has 4 aromatic rings. The molecule has 2 saturated heterocycles. The quantitative estimate of drug-likeness (QED) is 0.281. The predicted molar refractivity (Wildman–Crippen MR) is 162 cm³/mol.